The normalized spacial score (nSPS) is 20.5. The highest BCUT2D eigenvalue weighted by atomic mass is 15.2. The van der Waals surface area contributed by atoms with Gasteiger partial charge in [0, 0.05) is 36.9 Å². The van der Waals surface area contributed by atoms with Crippen LogP contribution in [0, 0.1) is 32.6 Å². The first kappa shape index (κ1) is 20.6. The number of anilines is 1. The van der Waals surface area contributed by atoms with Crippen molar-refractivity contribution in [3.63, 3.8) is 0 Å². The van der Waals surface area contributed by atoms with Crippen molar-refractivity contribution in [2.75, 3.05) is 18.0 Å². The van der Waals surface area contributed by atoms with E-state index in [1.165, 1.54) is 90.6 Å². The molecule has 1 saturated carbocycles. The van der Waals surface area contributed by atoms with Crippen molar-refractivity contribution >= 4 is 16.7 Å². The number of nitrogens with zero attached hydrogens (tertiary/aromatic N) is 3. The maximum atomic E-state index is 4.99. The van der Waals surface area contributed by atoms with Gasteiger partial charge >= 0.3 is 0 Å². The molecule has 1 unspecified atom stereocenters. The van der Waals surface area contributed by atoms with Crippen molar-refractivity contribution in [3.05, 3.63) is 58.9 Å². The molecule has 1 atom stereocenters. The van der Waals surface area contributed by atoms with Gasteiger partial charge in [0.2, 0.25) is 0 Å². The maximum absolute atomic E-state index is 4.99. The zero-order chi connectivity index (χ0) is 21.4. The number of piperidine rings is 1. The highest BCUT2D eigenvalue weighted by Gasteiger charge is 2.30. The first-order chi connectivity index (χ1) is 15.1. The largest absolute Gasteiger partial charge is 0.355 e. The second-order valence-electron chi connectivity index (χ2n) is 10.0. The molecule has 164 valence electrons. The molecule has 0 spiro atoms. The standard InChI is InChI=1S/C28H37N3/c1-20-10-7-8-13-24(20)19-31-22(3)21(2)26-15-16-29-28(27(26)31)30-17-9-14-25(18-30)23-11-5-4-6-12-23/h7-8,10,13,15-16,23,25H,4-6,9,11-12,14,17-19H2,1-3H3. The fraction of sp³-hybridized carbons (Fsp3) is 0.536. The summed E-state index contributed by atoms with van der Waals surface area (Å²) >= 11 is 0. The second kappa shape index (κ2) is 8.68. The molecular formula is C28H37N3. The smallest absolute Gasteiger partial charge is 0.153 e. The van der Waals surface area contributed by atoms with E-state index in [1.54, 1.807) is 0 Å². The highest BCUT2D eigenvalue weighted by molar-refractivity contribution is 5.93. The number of benzene rings is 1. The molecule has 3 heteroatoms. The molecule has 3 aromatic rings. The summed E-state index contributed by atoms with van der Waals surface area (Å²) < 4.78 is 2.53. The number of rotatable bonds is 4. The van der Waals surface area contributed by atoms with Crippen LogP contribution in [0.3, 0.4) is 0 Å². The van der Waals surface area contributed by atoms with Crippen LogP contribution in [-0.2, 0) is 6.54 Å². The summed E-state index contributed by atoms with van der Waals surface area (Å²) in [5.41, 5.74) is 6.87. The molecular weight excluding hydrogens is 378 g/mol. The minimum atomic E-state index is 0.841. The van der Waals surface area contributed by atoms with Gasteiger partial charge in [-0.05, 0) is 68.2 Å². The third kappa shape index (κ3) is 3.88. The first-order valence-electron chi connectivity index (χ1n) is 12.4. The van der Waals surface area contributed by atoms with Crippen LogP contribution in [0.1, 0.15) is 67.3 Å². The Labute approximate surface area is 187 Å². The van der Waals surface area contributed by atoms with Crippen LogP contribution in [0.25, 0.3) is 10.9 Å². The molecule has 0 amide bonds. The van der Waals surface area contributed by atoms with Crippen LogP contribution in [0.4, 0.5) is 5.82 Å². The third-order valence-corrected chi connectivity index (χ3v) is 8.19. The van der Waals surface area contributed by atoms with Crippen LogP contribution in [0.2, 0.25) is 0 Å². The predicted molar refractivity (Wildman–Crippen MR) is 131 cm³/mol. The lowest BCUT2D eigenvalue weighted by atomic mass is 9.76. The number of hydrogen-bond donors (Lipinski definition) is 0. The van der Waals surface area contributed by atoms with Crippen molar-refractivity contribution < 1.29 is 0 Å². The zero-order valence-corrected chi connectivity index (χ0v) is 19.5. The van der Waals surface area contributed by atoms with Gasteiger partial charge in [0.25, 0.3) is 0 Å². The van der Waals surface area contributed by atoms with Gasteiger partial charge in [0.1, 0.15) is 0 Å². The van der Waals surface area contributed by atoms with E-state index < -0.39 is 0 Å². The van der Waals surface area contributed by atoms with Gasteiger partial charge in [0.15, 0.2) is 5.82 Å². The number of hydrogen-bond acceptors (Lipinski definition) is 2. The van der Waals surface area contributed by atoms with E-state index in [9.17, 15) is 0 Å². The lowest BCUT2D eigenvalue weighted by Gasteiger charge is -2.39. The van der Waals surface area contributed by atoms with E-state index in [4.69, 9.17) is 4.98 Å². The van der Waals surface area contributed by atoms with E-state index >= 15 is 0 Å². The Kier molecular flexibility index (Phi) is 5.77. The number of pyridine rings is 1. The minimum Gasteiger partial charge on any atom is -0.355 e. The number of fused-ring (bicyclic) bond motifs is 1. The topological polar surface area (TPSA) is 21.1 Å². The number of aryl methyl sites for hydroxylation is 2. The quantitative estimate of drug-likeness (QED) is 0.467. The van der Waals surface area contributed by atoms with Gasteiger partial charge in [0.05, 0.1) is 5.52 Å². The molecule has 2 fully saturated rings. The molecule has 3 nitrogen and oxygen atoms in total. The molecule has 5 rings (SSSR count). The van der Waals surface area contributed by atoms with Crippen molar-refractivity contribution in [2.45, 2.75) is 72.3 Å². The average Bonchev–Trinajstić information content (AvgIpc) is 3.06. The molecule has 0 bridgehead atoms. The average molecular weight is 416 g/mol. The third-order valence-electron chi connectivity index (χ3n) is 8.19. The zero-order valence-electron chi connectivity index (χ0n) is 19.5. The number of aromatic nitrogens is 2. The Morgan fingerprint density at radius 2 is 1.68 bits per heavy atom. The van der Waals surface area contributed by atoms with Crippen molar-refractivity contribution in [3.8, 4) is 0 Å². The van der Waals surface area contributed by atoms with Crippen LogP contribution >= 0.6 is 0 Å². The fourth-order valence-electron chi connectivity index (χ4n) is 6.16. The Morgan fingerprint density at radius 1 is 0.903 bits per heavy atom. The Morgan fingerprint density at radius 3 is 2.48 bits per heavy atom. The summed E-state index contributed by atoms with van der Waals surface area (Å²) in [4.78, 5) is 7.62. The van der Waals surface area contributed by atoms with Crippen molar-refractivity contribution in [1.29, 1.82) is 0 Å². The lowest BCUT2D eigenvalue weighted by Crippen LogP contribution is -2.39. The lowest BCUT2D eigenvalue weighted by molar-refractivity contribution is 0.220. The van der Waals surface area contributed by atoms with E-state index in [-0.39, 0.29) is 0 Å². The Balaban J connectivity index is 1.53. The van der Waals surface area contributed by atoms with Gasteiger partial charge in [-0.15, -0.1) is 0 Å². The van der Waals surface area contributed by atoms with Crippen molar-refractivity contribution in [2.24, 2.45) is 11.8 Å². The summed E-state index contributed by atoms with van der Waals surface area (Å²) in [5, 5.41) is 1.37. The molecule has 1 saturated heterocycles. The molecule has 0 N–H and O–H groups in total. The molecule has 2 aromatic heterocycles. The molecule has 31 heavy (non-hydrogen) atoms. The van der Waals surface area contributed by atoms with Crippen LogP contribution in [-0.4, -0.2) is 22.6 Å². The van der Waals surface area contributed by atoms with Crippen molar-refractivity contribution in [1.82, 2.24) is 9.55 Å². The molecule has 3 heterocycles. The summed E-state index contributed by atoms with van der Waals surface area (Å²) in [5.74, 6) is 2.98. The molecule has 2 aliphatic rings. The van der Waals surface area contributed by atoms with E-state index in [0.717, 1.165) is 24.9 Å². The van der Waals surface area contributed by atoms with Gasteiger partial charge in [-0.25, -0.2) is 4.98 Å². The van der Waals surface area contributed by atoms with E-state index in [2.05, 4.69) is 60.6 Å². The molecule has 1 aliphatic heterocycles. The van der Waals surface area contributed by atoms with Crippen LogP contribution < -0.4 is 4.90 Å². The van der Waals surface area contributed by atoms with Gasteiger partial charge in [-0.2, -0.15) is 0 Å². The van der Waals surface area contributed by atoms with E-state index in [0.29, 0.717) is 0 Å². The summed E-state index contributed by atoms with van der Waals surface area (Å²) in [7, 11) is 0. The Hall–Kier alpha value is -2.29. The molecule has 1 aromatic carbocycles. The predicted octanol–water partition coefficient (Wildman–Crippen LogP) is 6.81. The summed E-state index contributed by atoms with van der Waals surface area (Å²) in [6, 6.07) is 11.0. The van der Waals surface area contributed by atoms with Crippen LogP contribution in [0.15, 0.2) is 36.5 Å². The summed E-state index contributed by atoms with van der Waals surface area (Å²) in [6.45, 7) is 10.0. The highest BCUT2D eigenvalue weighted by Crippen LogP contribution is 2.38. The van der Waals surface area contributed by atoms with Gasteiger partial charge in [-0.3, -0.25) is 0 Å². The van der Waals surface area contributed by atoms with Crippen LogP contribution in [0.5, 0.6) is 0 Å². The fourth-order valence-corrected chi connectivity index (χ4v) is 6.16. The monoisotopic (exact) mass is 415 g/mol. The minimum absolute atomic E-state index is 0.841. The SMILES string of the molecule is Cc1ccccc1Cn1c(C)c(C)c2ccnc(N3CCCC(C4CCCCC4)C3)c21. The second-order valence-corrected chi connectivity index (χ2v) is 10.0. The Bertz CT molecular complexity index is 1060. The summed E-state index contributed by atoms with van der Waals surface area (Å²) in [6.07, 6.45) is 11.9. The first-order valence-corrected chi connectivity index (χ1v) is 12.4. The molecule has 0 radical (unpaired) electrons. The van der Waals surface area contributed by atoms with Gasteiger partial charge in [-0.1, -0.05) is 56.4 Å². The van der Waals surface area contributed by atoms with E-state index in [1.807, 2.05) is 6.20 Å². The maximum Gasteiger partial charge on any atom is 0.153 e. The van der Waals surface area contributed by atoms with Gasteiger partial charge < -0.3 is 9.47 Å². The molecule has 1 aliphatic carbocycles.